The molecule has 0 amide bonds. The monoisotopic (exact) mass is 379 g/mol. The van der Waals surface area contributed by atoms with Crippen molar-refractivity contribution in [3.63, 3.8) is 0 Å². The van der Waals surface area contributed by atoms with Gasteiger partial charge in [-0.1, -0.05) is 38.1 Å². The standard InChI is InChI=1S/C17H27NO3.C4H6O2/c1-4-10-20-11-9-15-5-7-17(8-6-15)21-13-16(19)12-18-14(2)3;1-2-3-4(5)6/h4-8,14,16,18-19H,1,9-13H2,2-3H3;2-3H,1H3,(H,5,6)/b;3-2-. The van der Waals surface area contributed by atoms with Crippen LogP contribution in [0.1, 0.15) is 26.3 Å². The minimum absolute atomic E-state index is 0.293. The van der Waals surface area contributed by atoms with Gasteiger partial charge in [0, 0.05) is 18.7 Å². The molecule has 0 aliphatic carbocycles. The highest BCUT2D eigenvalue weighted by Gasteiger charge is 2.06. The van der Waals surface area contributed by atoms with Gasteiger partial charge in [-0.3, -0.25) is 0 Å². The summed E-state index contributed by atoms with van der Waals surface area (Å²) >= 11 is 0. The Balaban J connectivity index is 0.000000972. The van der Waals surface area contributed by atoms with Crippen LogP contribution in [0.25, 0.3) is 0 Å². The Morgan fingerprint density at radius 1 is 1.30 bits per heavy atom. The highest BCUT2D eigenvalue weighted by molar-refractivity contribution is 5.79. The fourth-order valence-electron chi connectivity index (χ4n) is 1.87. The van der Waals surface area contributed by atoms with Gasteiger partial charge in [-0.25, -0.2) is 4.79 Å². The number of carboxylic acids is 1. The third kappa shape index (κ3) is 15.8. The van der Waals surface area contributed by atoms with E-state index in [0.29, 0.717) is 32.4 Å². The van der Waals surface area contributed by atoms with Gasteiger partial charge < -0.3 is 25.0 Å². The average molecular weight is 379 g/mol. The molecule has 0 saturated carbocycles. The summed E-state index contributed by atoms with van der Waals surface area (Å²) in [4.78, 5) is 9.51. The van der Waals surface area contributed by atoms with Crippen LogP contribution in [0.15, 0.2) is 49.1 Å². The van der Waals surface area contributed by atoms with E-state index >= 15 is 0 Å². The quantitative estimate of drug-likeness (QED) is 0.294. The van der Waals surface area contributed by atoms with Gasteiger partial charge in [-0.05, 0) is 31.0 Å². The highest BCUT2D eigenvalue weighted by atomic mass is 16.5. The van der Waals surface area contributed by atoms with Crippen molar-refractivity contribution in [2.45, 2.75) is 39.3 Å². The largest absolute Gasteiger partial charge is 0.491 e. The lowest BCUT2D eigenvalue weighted by Gasteiger charge is -2.15. The lowest BCUT2D eigenvalue weighted by atomic mass is 10.1. The first-order valence-electron chi connectivity index (χ1n) is 9.06. The Kier molecular flexibility index (Phi) is 14.8. The molecule has 0 aliphatic heterocycles. The second kappa shape index (κ2) is 16.1. The van der Waals surface area contributed by atoms with Crippen LogP contribution in [0.5, 0.6) is 5.75 Å². The van der Waals surface area contributed by atoms with Gasteiger partial charge in [-0.15, -0.1) is 6.58 Å². The fourth-order valence-corrected chi connectivity index (χ4v) is 1.87. The molecular weight excluding hydrogens is 346 g/mol. The van der Waals surface area contributed by atoms with Crippen molar-refractivity contribution in [3.05, 3.63) is 54.6 Å². The van der Waals surface area contributed by atoms with Gasteiger partial charge in [0.2, 0.25) is 0 Å². The van der Waals surface area contributed by atoms with Crippen LogP contribution in [0.4, 0.5) is 0 Å². The number of rotatable bonds is 12. The van der Waals surface area contributed by atoms with Crippen LogP contribution in [-0.4, -0.2) is 54.7 Å². The molecule has 0 heterocycles. The maximum Gasteiger partial charge on any atom is 0.327 e. The van der Waals surface area contributed by atoms with Crippen molar-refractivity contribution >= 4 is 5.97 Å². The summed E-state index contributed by atoms with van der Waals surface area (Å²) in [7, 11) is 0. The molecule has 152 valence electrons. The molecule has 1 aromatic carbocycles. The van der Waals surface area contributed by atoms with E-state index in [9.17, 15) is 9.90 Å². The molecule has 1 unspecified atom stereocenters. The van der Waals surface area contributed by atoms with Gasteiger partial charge in [0.25, 0.3) is 0 Å². The third-order valence-corrected chi connectivity index (χ3v) is 3.21. The lowest BCUT2D eigenvalue weighted by molar-refractivity contribution is -0.131. The van der Waals surface area contributed by atoms with Crippen molar-refractivity contribution in [2.24, 2.45) is 0 Å². The van der Waals surface area contributed by atoms with Crippen molar-refractivity contribution in [2.75, 3.05) is 26.4 Å². The summed E-state index contributed by atoms with van der Waals surface area (Å²) in [5, 5.41) is 20.8. The van der Waals surface area contributed by atoms with Crippen LogP contribution in [0.2, 0.25) is 0 Å². The summed E-state index contributed by atoms with van der Waals surface area (Å²) in [6.07, 6.45) is 4.67. The van der Waals surface area contributed by atoms with Crippen LogP contribution in [0.3, 0.4) is 0 Å². The molecule has 6 nitrogen and oxygen atoms in total. The Labute approximate surface area is 162 Å². The van der Waals surface area contributed by atoms with E-state index in [1.807, 2.05) is 38.1 Å². The molecule has 3 N–H and O–H groups in total. The van der Waals surface area contributed by atoms with E-state index in [1.54, 1.807) is 13.0 Å². The topological polar surface area (TPSA) is 88.0 Å². The zero-order valence-corrected chi connectivity index (χ0v) is 16.6. The minimum atomic E-state index is -0.891. The zero-order valence-electron chi connectivity index (χ0n) is 16.6. The van der Waals surface area contributed by atoms with Crippen LogP contribution in [-0.2, 0) is 16.0 Å². The van der Waals surface area contributed by atoms with Crippen LogP contribution >= 0.6 is 0 Å². The summed E-state index contributed by atoms with van der Waals surface area (Å²) in [5.41, 5.74) is 1.20. The van der Waals surface area contributed by atoms with Gasteiger partial charge in [0.05, 0.1) is 13.2 Å². The van der Waals surface area contributed by atoms with Crippen molar-refractivity contribution < 1.29 is 24.5 Å². The minimum Gasteiger partial charge on any atom is -0.491 e. The molecule has 1 aromatic rings. The lowest BCUT2D eigenvalue weighted by Crippen LogP contribution is -2.35. The summed E-state index contributed by atoms with van der Waals surface area (Å²) in [5.74, 6) is -0.119. The predicted molar refractivity (Wildman–Crippen MR) is 108 cm³/mol. The van der Waals surface area contributed by atoms with E-state index in [-0.39, 0.29) is 0 Å². The van der Waals surface area contributed by atoms with Crippen molar-refractivity contribution in [1.29, 1.82) is 0 Å². The van der Waals surface area contributed by atoms with Crippen LogP contribution in [0, 0.1) is 0 Å². The first-order chi connectivity index (χ1) is 12.9. The van der Waals surface area contributed by atoms with Gasteiger partial charge in [0.1, 0.15) is 18.5 Å². The molecule has 0 fully saturated rings. The Hall–Kier alpha value is -2.15. The number of benzene rings is 1. The Morgan fingerprint density at radius 2 is 1.96 bits per heavy atom. The number of allylic oxidation sites excluding steroid dienone is 1. The fraction of sp³-hybridized carbons (Fsp3) is 0.476. The highest BCUT2D eigenvalue weighted by Crippen LogP contribution is 2.13. The van der Waals surface area contributed by atoms with Gasteiger partial charge in [0.15, 0.2) is 0 Å². The van der Waals surface area contributed by atoms with Gasteiger partial charge in [-0.2, -0.15) is 0 Å². The molecular formula is C21H33NO5. The number of aliphatic hydroxyl groups excluding tert-OH is 1. The number of hydrogen-bond donors (Lipinski definition) is 3. The number of hydrogen-bond acceptors (Lipinski definition) is 5. The smallest absolute Gasteiger partial charge is 0.327 e. The number of carboxylic acid groups (broad SMARTS) is 1. The molecule has 0 aliphatic rings. The number of aliphatic carboxylic acids is 1. The molecule has 0 aromatic heterocycles. The first-order valence-corrected chi connectivity index (χ1v) is 9.06. The number of nitrogens with one attached hydrogen (secondary N) is 1. The Bertz CT molecular complexity index is 540. The molecule has 0 spiro atoms. The molecule has 27 heavy (non-hydrogen) atoms. The Morgan fingerprint density at radius 3 is 2.44 bits per heavy atom. The van der Waals surface area contributed by atoms with Gasteiger partial charge >= 0.3 is 5.97 Å². The summed E-state index contributed by atoms with van der Waals surface area (Å²) in [6.45, 7) is 11.5. The van der Waals surface area contributed by atoms with E-state index in [1.165, 1.54) is 11.6 Å². The number of carbonyl (C=O) groups is 1. The van der Waals surface area contributed by atoms with E-state index in [0.717, 1.165) is 18.2 Å². The maximum atomic E-state index is 9.77. The zero-order chi connectivity index (χ0) is 20.5. The normalized spacial score (nSPS) is 11.7. The SMILES string of the molecule is C/C=C\C(=O)O.C=CCOCCc1ccc(OCC(O)CNC(C)C)cc1. The maximum absolute atomic E-state index is 9.77. The van der Waals surface area contributed by atoms with Crippen molar-refractivity contribution in [1.82, 2.24) is 5.32 Å². The number of aliphatic hydroxyl groups is 1. The van der Waals surface area contributed by atoms with E-state index in [4.69, 9.17) is 14.6 Å². The second-order valence-corrected chi connectivity index (χ2v) is 6.12. The van der Waals surface area contributed by atoms with E-state index in [2.05, 4.69) is 11.9 Å². The molecule has 1 atom stereocenters. The molecule has 6 heteroatoms. The van der Waals surface area contributed by atoms with E-state index < -0.39 is 12.1 Å². The third-order valence-electron chi connectivity index (χ3n) is 3.21. The molecule has 0 radical (unpaired) electrons. The van der Waals surface area contributed by atoms with Crippen LogP contribution < -0.4 is 10.1 Å². The average Bonchev–Trinajstić information content (AvgIpc) is 2.63. The number of ether oxygens (including phenoxy) is 2. The predicted octanol–water partition coefficient (Wildman–Crippen LogP) is 2.82. The van der Waals surface area contributed by atoms with Crippen molar-refractivity contribution in [3.8, 4) is 5.75 Å². The molecule has 1 rings (SSSR count). The summed E-state index contributed by atoms with van der Waals surface area (Å²) < 4.78 is 10.9. The summed E-state index contributed by atoms with van der Waals surface area (Å²) in [6, 6.07) is 8.25. The second-order valence-electron chi connectivity index (χ2n) is 6.12. The first kappa shape index (κ1) is 24.8. The molecule has 0 bridgehead atoms. The molecule has 0 saturated heterocycles.